The first-order valence-electron chi connectivity index (χ1n) is 4.04. The lowest BCUT2D eigenvalue weighted by molar-refractivity contribution is 0.999. The zero-order valence-corrected chi connectivity index (χ0v) is 7.86. The molecule has 0 bridgehead atoms. The quantitative estimate of drug-likeness (QED) is 0.250. The topological polar surface area (TPSA) is 137 Å². The van der Waals surface area contributed by atoms with Crippen LogP contribution in [-0.2, 0) is 0 Å². The molecule has 0 atom stereocenters. The van der Waals surface area contributed by atoms with Gasteiger partial charge in [-0.05, 0) is 12.1 Å². The molecular formula is C8H11N7. The van der Waals surface area contributed by atoms with Gasteiger partial charge >= 0.3 is 0 Å². The number of pyridine rings is 1. The SMILES string of the molecule is N=C(N)N/N=C/c1cccc(C(=N)N)n1. The fourth-order valence-electron chi connectivity index (χ4n) is 0.841. The highest BCUT2D eigenvalue weighted by molar-refractivity contribution is 5.93. The van der Waals surface area contributed by atoms with Crippen LogP contribution in [0.15, 0.2) is 23.3 Å². The Bertz CT molecular complexity index is 409. The Hall–Kier alpha value is -2.44. The van der Waals surface area contributed by atoms with Crippen molar-refractivity contribution in [2.24, 2.45) is 16.6 Å². The summed E-state index contributed by atoms with van der Waals surface area (Å²) in [6.07, 6.45) is 1.38. The molecule has 0 amide bonds. The van der Waals surface area contributed by atoms with E-state index in [9.17, 15) is 0 Å². The van der Waals surface area contributed by atoms with Crippen molar-refractivity contribution in [1.29, 1.82) is 10.8 Å². The number of aromatic nitrogens is 1. The Kier molecular flexibility index (Phi) is 3.33. The van der Waals surface area contributed by atoms with Gasteiger partial charge in [0.15, 0.2) is 0 Å². The minimum Gasteiger partial charge on any atom is -0.382 e. The molecule has 0 fully saturated rings. The summed E-state index contributed by atoms with van der Waals surface area (Å²) in [6, 6.07) is 5.02. The van der Waals surface area contributed by atoms with Crippen LogP contribution in [0.2, 0.25) is 0 Å². The molecule has 15 heavy (non-hydrogen) atoms. The standard InChI is InChI=1S/C8H11N7/c9-7(10)6-3-1-2-5(14-6)4-13-15-8(11)12/h1-4H,(H3,9,10)(H4,11,12,15)/b13-4+. The molecule has 1 aromatic heterocycles. The molecule has 0 aromatic carbocycles. The fourth-order valence-corrected chi connectivity index (χ4v) is 0.841. The highest BCUT2D eigenvalue weighted by Crippen LogP contribution is 1.95. The van der Waals surface area contributed by atoms with Crippen molar-refractivity contribution >= 4 is 18.0 Å². The first-order valence-corrected chi connectivity index (χ1v) is 4.04. The van der Waals surface area contributed by atoms with Crippen molar-refractivity contribution < 1.29 is 0 Å². The van der Waals surface area contributed by atoms with E-state index >= 15 is 0 Å². The molecule has 7 nitrogen and oxygen atoms in total. The lowest BCUT2D eigenvalue weighted by Crippen LogP contribution is -2.25. The molecule has 0 spiro atoms. The van der Waals surface area contributed by atoms with Gasteiger partial charge in [-0.15, -0.1) is 0 Å². The summed E-state index contributed by atoms with van der Waals surface area (Å²) in [5.74, 6) is -0.362. The number of nitrogen functional groups attached to an aromatic ring is 1. The third kappa shape index (κ3) is 3.43. The smallest absolute Gasteiger partial charge is 0.206 e. The van der Waals surface area contributed by atoms with Crippen LogP contribution in [0.4, 0.5) is 0 Å². The number of rotatable bonds is 3. The van der Waals surface area contributed by atoms with Crippen molar-refractivity contribution in [3.63, 3.8) is 0 Å². The normalized spacial score (nSPS) is 10.1. The summed E-state index contributed by atoms with van der Waals surface area (Å²) in [5, 5.41) is 17.7. The van der Waals surface area contributed by atoms with E-state index in [1.54, 1.807) is 18.2 Å². The van der Waals surface area contributed by atoms with Crippen molar-refractivity contribution in [3.8, 4) is 0 Å². The largest absolute Gasteiger partial charge is 0.382 e. The Labute approximate surface area is 86.2 Å². The van der Waals surface area contributed by atoms with Crippen LogP contribution in [0.25, 0.3) is 0 Å². The molecule has 7 heteroatoms. The Morgan fingerprint density at radius 1 is 1.40 bits per heavy atom. The first-order chi connectivity index (χ1) is 7.09. The van der Waals surface area contributed by atoms with Crippen LogP contribution in [0.1, 0.15) is 11.4 Å². The molecule has 1 aromatic rings. The lowest BCUT2D eigenvalue weighted by Gasteiger charge is -1.98. The van der Waals surface area contributed by atoms with Crippen LogP contribution >= 0.6 is 0 Å². The highest BCUT2D eigenvalue weighted by Gasteiger charge is 1.97. The predicted molar refractivity (Wildman–Crippen MR) is 57.9 cm³/mol. The number of nitrogens with one attached hydrogen (secondary N) is 3. The van der Waals surface area contributed by atoms with Gasteiger partial charge in [0.05, 0.1) is 11.9 Å². The van der Waals surface area contributed by atoms with E-state index in [2.05, 4.69) is 15.5 Å². The number of guanidine groups is 1. The highest BCUT2D eigenvalue weighted by atomic mass is 15.3. The first kappa shape index (κ1) is 10.6. The van der Waals surface area contributed by atoms with Crippen LogP contribution in [0, 0.1) is 10.8 Å². The van der Waals surface area contributed by atoms with E-state index in [-0.39, 0.29) is 11.8 Å². The van der Waals surface area contributed by atoms with E-state index in [1.807, 2.05) is 0 Å². The molecule has 0 saturated heterocycles. The summed E-state index contributed by atoms with van der Waals surface area (Å²) < 4.78 is 0. The lowest BCUT2D eigenvalue weighted by atomic mass is 10.3. The third-order valence-corrected chi connectivity index (χ3v) is 1.43. The van der Waals surface area contributed by atoms with Crippen LogP contribution in [0.3, 0.4) is 0 Å². The number of nitrogens with two attached hydrogens (primary N) is 2. The van der Waals surface area contributed by atoms with Crippen LogP contribution in [0.5, 0.6) is 0 Å². The molecule has 7 N–H and O–H groups in total. The Morgan fingerprint density at radius 3 is 2.73 bits per heavy atom. The van der Waals surface area contributed by atoms with E-state index < -0.39 is 0 Å². The maximum absolute atomic E-state index is 7.18. The molecule has 0 saturated carbocycles. The predicted octanol–water partition coefficient (Wildman–Crippen LogP) is -0.817. The molecular weight excluding hydrogens is 194 g/mol. The number of hydrazone groups is 1. The average Bonchev–Trinajstić information content (AvgIpc) is 2.17. The second-order valence-corrected chi connectivity index (χ2v) is 2.65. The average molecular weight is 205 g/mol. The van der Waals surface area contributed by atoms with Gasteiger partial charge in [0.1, 0.15) is 11.5 Å². The maximum Gasteiger partial charge on any atom is 0.206 e. The van der Waals surface area contributed by atoms with Gasteiger partial charge < -0.3 is 11.5 Å². The summed E-state index contributed by atoms with van der Waals surface area (Å²) in [4.78, 5) is 4.02. The van der Waals surface area contributed by atoms with Gasteiger partial charge in [0, 0.05) is 0 Å². The second kappa shape index (κ2) is 4.70. The summed E-state index contributed by atoms with van der Waals surface area (Å²) in [5.41, 5.74) is 13.4. The van der Waals surface area contributed by atoms with E-state index in [0.717, 1.165) is 0 Å². The molecule has 0 aliphatic heterocycles. The van der Waals surface area contributed by atoms with Crippen molar-refractivity contribution in [2.75, 3.05) is 0 Å². The summed E-state index contributed by atoms with van der Waals surface area (Å²) in [7, 11) is 0. The monoisotopic (exact) mass is 205 g/mol. The van der Waals surface area contributed by atoms with Gasteiger partial charge in [0.25, 0.3) is 0 Å². The van der Waals surface area contributed by atoms with Gasteiger partial charge in [0.2, 0.25) is 5.96 Å². The Balaban J connectivity index is 2.78. The zero-order valence-electron chi connectivity index (χ0n) is 7.86. The minimum atomic E-state index is -0.256. The minimum absolute atomic E-state index is 0.107. The molecule has 0 radical (unpaired) electrons. The van der Waals surface area contributed by atoms with Crippen LogP contribution in [-0.4, -0.2) is 23.0 Å². The zero-order chi connectivity index (χ0) is 11.3. The van der Waals surface area contributed by atoms with Gasteiger partial charge in [-0.1, -0.05) is 6.07 Å². The van der Waals surface area contributed by atoms with Crippen molar-refractivity contribution in [3.05, 3.63) is 29.6 Å². The van der Waals surface area contributed by atoms with E-state index in [1.165, 1.54) is 6.21 Å². The molecule has 78 valence electrons. The number of hydrogen-bond donors (Lipinski definition) is 5. The van der Waals surface area contributed by atoms with Gasteiger partial charge in [-0.2, -0.15) is 5.10 Å². The number of nitrogens with zero attached hydrogens (tertiary/aromatic N) is 2. The second-order valence-electron chi connectivity index (χ2n) is 2.65. The molecule has 1 heterocycles. The van der Waals surface area contributed by atoms with Gasteiger partial charge in [-0.25, -0.2) is 10.4 Å². The van der Waals surface area contributed by atoms with E-state index in [4.69, 9.17) is 22.3 Å². The number of hydrogen-bond acceptors (Lipinski definition) is 4. The number of amidine groups is 1. The Morgan fingerprint density at radius 2 is 2.13 bits per heavy atom. The summed E-state index contributed by atoms with van der Waals surface area (Å²) in [6.45, 7) is 0. The molecule has 0 unspecified atom stereocenters. The maximum atomic E-state index is 7.18. The van der Waals surface area contributed by atoms with Crippen molar-refractivity contribution in [2.45, 2.75) is 0 Å². The van der Waals surface area contributed by atoms with Crippen LogP contribution < -0.4 is 16.9 Å². The van der Waals surface area contributed by atoms with Gasteiger partial charge in [-0.3, -0.25) is 10.8 Å². The fraction of sp³-hybridized carbons (Fsp3) is 0. The molecule has 0 aliphatic rings. The third-order valence-electron chi connectivity index (χ3n) is 1.43. The molecule has 1 rings (SSSR count). The van der Waals surface area contributed by atoms with Crippen molar-refractivity contribution in [1.82, 2.24) is 10.4 Å². The van der Waals surface area contributed by atoms with E-state index in [0.29, 0.717) is 11.4 Å². The molecule has 0 aliphatic carbocycles. The summed E-state index contributed by atoms with van der Waals surface area (Å²) >= 11 is 0.